The minimum absolute atomic E-state index is 0.0254. The lowest BCUT2D eigenvalue weighted by atomic mass is 9.97. The van der Waals surface area contributed by atoms with Crippen LogP contribution in [-0.2, 0) is 12.8 Å². The van der Waals surface area contributed by atoms with E-state index in [1.54, 1.807) is 6.07 Å². The molecule has 0 heterocycles. The van der Waals surface area contributed by atoms with Crippen LogP contribution in [0.1, 0.15) is 23.1 Å². The van der Waals surface area contributed by atoms with Crippen LogP contribution < -0.4 is 10.5 Å². The summed E-state index contributed by atoms with van der Waals surface area (Å²) >= 11 is 0. The highest BCUT2D eigenvalue weighted by atomic mass is 19.1. The molecular formula is C18H22FNO. The molecule has 0 bridgehead atoms. The standard InChI is InChI=1S/C18H22FNO/c1-13-5-3-4-6-15(13)8-9-16(20)11-14-7-10-18(21-2)17(19)12-14/h3-7,10,12,16H,8-9,11,20H2,1-2H3. The normalized spacial score (nSPS) is 12.2. The van der Waals surface area contributed by atoms with Crippen LogP contribution in [0.25, 0.3) is 0 Å². The van der Waals surface area contributed by atoms with Gasteiger partial charge in [0.05, 0.1) is 7.11 Å². The Bertz CT molecular complexity index is 598. The Morgan fingerprint density at radius 2 is 1.95 bits per heavy atom. The predicted octanol–water partition coefficient (Wildman–Crippen LogP) is 3.65. The Morgan fingerprint density at radius 1 is 1.19 bits per heavy atom. The maximum absolute atomic E-state index is 13.6. The molecule has 21 heavy (non-hydrogen) atoms. The molecule has 0 saturated carbocycles. The average molecular weight is 287 g/mol. The molecule has 0 aliphatic rings. The zero-order valence-corrected chi connectivity index (χ0v) is 12.6. The minimum Gasteiger partial charge on any atom is -0.494 e. The van der Waals surface area contributed by atoms with Gasteiger partial charge in [0.15, 0.2) is 11.6 Å². The van der Waals surface area contributed by atoms with Gasteiger partial charge in [0.2, 0.25) is 0 Å². The van der Waals surface area contributed by atoms with Crippen LogP contribution in [0, 0.1) is 12.7 Å². The molecule has 2 aromatic carbocycles. The van der Waals surface area contributed by atoms with Crippen molar-refractivity contribution in [3.63, 3.8) is 0 Å². The topological polar surface area (TPSA) is 35.2 Å². The third kappa shape index (κ3) is 4.30. The highest BCUT2D eigenvalue weighted by molar-refractivity contribution is 5.30. The van der Waals surface area contributed by atoms with E-state index in [1.807, 2.05) is 18.2 Å². The van der Waals surface area contributed by atoms with E-state index in [0.717, 1.165) is 18.4 Å². The van der Waals surface area contributed by atoms with Crippen LogP contribution in [-0.4, -0.2) is 13.2 Å². The molecule has 0 spiro atoms. The van der Waals surface area contributed by atoms with E-state index in [1.165, 1.54) is 24.3 Å². The third-order valence-corrected chi connectivity index (χ3v) is 3.76. The lowest BCUT2D eigenvalue weighted by molar-refractivity contribution is 0.386. The summed E-state index contributed by atoms with van der Waals surface area (Å²) in [7, 11) is 1.46. The number of ether oxygens (including phenoxy) is 1. The molecule has 1 atom stereocenters. The van der Waals surface area contributed by atoms with E-state index in [9.17, 15) is 4.39 Å². The van der Waals surface area contributed by atoms with Crippen LogP contribution in [0.5, 0.6) is 5.75 Å². The van der Waals surface area contributed by atoms with Gasteiger partial charge < -0.3 is 10.5 Å². The van der Waals surface area contributed by atoms with Crippen LogP contribution >= 0.6 is 0 Å². The van der Waals surface area contributed by atoms with Gasteiger partial charge in [0, 0.05) is 6.04 Å². The van der Waals surface area contributed by atoms with Gasteiger partial charge in [-0.25, -0.2) is 4.39 Å². The van der Waals surface area contributed by atoms with Crippen molar-refractivity contribution < 1.29 is 9.13 Å². The van der Waals surface area contributed by atoms with Gasteiger partial charge >= 0.3 is 0 Å². The Balaban J connectivity index is 1.91. The molecule has 1 unspecified atom stereocenters. The van der Waals surface area contributed by atoms with E-state index in [4.69, 9.17) is 10.5 Å². The van der Waals surface area contributed by atoms with Crippen molar-refractivity contribution in [3.8, 4) is 5.75 Å². The summed E-state index contributed by atoms with van der Waals surface area (Å²) in [5.41, 5.74) is 9.70. The molecule has 2 rings (SSSR count). The second-order valence-corrected chi connectivity index (χ2v) is 5.40. The van der Waals surface area contributed by atoms with E-state index >= 15 is 0 Å². The molecular weight excluding hydrogens is 265 g/mol. The van der Waals surface area contributed by atoms with Gasteiger partial charge in [-0.15, -0.1) is 0 Å². The fourth-order valence-corrected chi connectivity index (χ4v) is 2.47. The molecule has 0 amide bonds. The predicted molar refractivity (Wildman–Crippen MR) is 84.1 cm³/mol. The fraction of sp³-hybridized carbons (Fsp3) is 0.333. The van der Waals surface area contributed by atoms with Gasteiger partial charge in [-0.1, -0.05) is 30.3 Å². The molecule has 0 aliphatic carbocycles. The first-order chi connectivity index (χ1) is 10.1. The van der Waals surface area contributed by atoms with Gasteiger partial charge in [0.1, 0.15) is 0 Å². The number of halogens is 1. The lowest BCUT2D eigenvalue weighted by Crippen LogP contribution is -2.23. The average Bonchev–Trinajstić information content (AvgIpc) is 2.46. The van der Waals surface area contributed by atoms with Gasteiger partial charge in [0.25, 0.3) is 0 Å². The molecule has 3 heteroatoms. The summed E-state index contributed by atoms with van der Waals surface area (Å²) in [6, 6.07) is 13.4. The number of hydrogen-bond donors (Lipinski definition) is 1. The summed E-state index contributed by atoms with van der Waals surface area (Å²) in [5, 5.41) is 0. The molecule has 0 fully saturated rings. The summed E-state index contributed by atoms with van der Waals surface area (Å²) < 4.78 is 18.6. The van der Waals surface area contributed by atoms with Gasteiger partial charge in [-0.3, -0.25) is 0 Å². The number of rotatable bonds is 6. The molecule has 2 aromatic rings. The van der Waals surface area contributed by atoms with Crippen molar-refractivity contribution in [2.24, 2.45) is 5.73 Å². The molecule has 0 aliphatic heterocycles. The highest BCUT2D eigenvalue weighted by Crippen LogP contribution is 2.19. The maximum Gasteiger partial charge on any atom is 0.165 e. The molecule has 0 saturated heterocycles. The van der Waals surface area contributed by atoms with Crippen molar-refractivity contribution in [2.45, 2.75) is 32.2 Å². The summed E-state index contributed by atoms with van der Waals surface area (Å²) in [6.07, 6.45) is 2.51. The zero-order chi connectivity index (χ0) is 15.2. The maximum atomic E-state index is 13.6. The third-order valence-electron chi connectivity index (χ3n) is 3.76. The summed E-state index contributed by atoms with van der Waals surface area (Å²) in [4.78, 5) is 0. The van der Waals surface area contributed by atoms with Gasteiger partial charge in [-0.05, 0) is 55.0 Å². The highest BCUT2D eigenvalue weighted by Gasteiger charge is 2.09. The monoisotopic (exact) mass is 287 g/mol. The first-order valence-corrected chi connectivity index (χ1v) is 7.22. The lowest BCUT2D eigenvalue weighted by Gasteiger charge is -2.13. The van der Waals surface area contributed by atoms with E-state index in [0.29, 0.717) is 6.42 Å². The number of hydrogen-bond acceptors (Lipinski definition) is 2. The Labute approximate surface area is 125 Å². The van der Waals surface area contributed by atoms with Crippen molar-refractivity contribution >= 4 is 0 Å². The van der Waals surface area contributed by atoms with Crippen LogP contribution in [0.2, 0.25) is 0 Å². The SMILES string of the molecule is COc1ccc(CC(N)CCc2ccccc2C)cc1F. The van der Waals surface area contributed by atoms with Crippen molar-refractivity contribution in [3.05, 3.63) is 65.0 Å². The van der Waals surface area contributed by atoms with Crippen LogP contribution in [0.4, 0.5) is 4.39 Å². The number of nitrogens with two attached hydrogens (primary N) is 1. The molecule has 2 N–H and O–H groups in total. The molecule has 2 nitrogen and oxygen atoms in total. The number of aryl methyl sites for hydroxylation is 2. The van der Waals surface area contributed by atoms with E-state index in [-0.39, 0.29) is 17.6 Å². The number of methoxy groups -OCH3 is 1. The van der Waals surface area contributed by atoms with Crippen molar-refractivity contribution in [1.29, 1.82) is 0 Å². The summed E-state index contributed by atoms with van der Waals surface area (Å²) in [5.74, 6) is -0.0617. The minimum atomic E-state index is -0.332. The second-order valence-electron chi connectivity index (χ2n) is 5.40. The molecule has 0 radical (unpaired) electrons. The van der Waals surface area contributed by atoms with Crippen LogP contribution in [0.3, 0.4) is 0 Å². The Hall–Kier alpha value is -1.87. The van der Waals surface area contributed by atoms with E-state index < -0.39 is 0 Å². The largest absolute Gasteiger partial charge is 0.494 e. The zero-order valence-electron chi connectivity index (χ0n) is 12.6. The first kappa shape index (κ1) is 15.5. The Morgan fingerprint density at radius 3 is 2.62 bits per heavy atom. The van der Waals surface area contributed by atoms with Crippen molar-refractivity contribution in [2.75, 3.05) is 7.11 Å². The fourth-order valence-electron chi connectivity index (χ4n) is 2.47. The molecule has 0 aromatic heterocycles. The summed E-state index contributed by atoms with van der Waals surface area (Å²) in [6.45, 7) is 2.11. The molecule has 112 valence electrons. The second kappa shape index (κ2) is 7.23. The first-order valence-electron chi connectivity index (χ1n) is 7.22. The smallest absolute Gasteiger partial charge is 0.165 e. The quantitative estimate of drug-likeness (QED) is 0.880. The van der Waals surface area contributed by atoms with Crippen LogP contribution in [0.15, 0.2) is 42.5 Å². The van der Waals surface area contributed by atoms with Gasteiger partial charge in [-0.2, -0.15) is 0 Å². The Kier molecular flexibility index (Phi) is 5.34. The van der Waals surface area contributed by atoms with E-state index in [2.05, 4.69) is 19.1 Å². The number of benzene rings is 2. The van der Waals surface area contributed by atoms with Crippen molar-refractivity contribution in [1.82, 2.24) is 0 Å².